The van der Waals surface area contributed by atoms with Crippen LogP contribution >= 0.6 is 22.6 Å². The van der Waals surface area contributed by atoms with Gasteiger partial charge in [0.25, 0.3) is 0 Å². The van der Waals surface area contributed by atoms with E-state index < -0.39 is 23.8 Å². The molecule has 1 atom stereocenters. The van der Waals surface area contributed by atoms with Gasteiger partial charge in [-0.15, -0.1) is 0 Å². The van der Waals surface area contributed by atoms with Gasteiger partial charge in [-0.1, -0.05) is 30.3 Å². The number of rotatable bonds is 5. The predicted octanol–water partition coefficient (Wildman–Crippen LogP) is 3.20. The molecule has 174 valence electrons. The van der Waals surface area contributed by atoms with Crippen molar-refractivity contribution >= 4 is 46.2 Å². The molecule has 2 aromatic rings. The van der Waals surface area contributed by atoms with E-state index in [9.17, 15) is 24.8 Å². The van der Waals surface area contributed by atoms with Crippen LogP contribution < -0.4 is 10.6 Å². The molecule has 0 radical (unpaired) electrons. The SMILES string of the molecule is COC(=O)C1=C(C(=O)OC)N(c2c(C)cc(I)cc2C(=O)O)C(N)=C(C#N)C1c1ccccc1. The lowest BCUT2D eigenvalue weighted by molar-refractivity contribution is -0.139. The second-order valence-electron chi connectivity index (χ2n) is 7.26. The molecule has 3 N–H and O–H groups in total. The van der Waals surface area contributed by atoms with Crippen LogP contribution in [-0.2, 0) is 19.1 Å². The van der Waals surface area contributed by atoms with E-state index in [0.29, 0.717) is 14.7 Å². The summed E-state index contributed by atoms with van der Waals surface area (Å²) < 4.78 is 10.6. The van der Waals surface area contributed by atoms with E-state index in [0.717, 1.165) is 19.1 Å². The van der Waals surface area contributed by atoms with Gasteiger partial charge in [-0.2, -0.15) is 5.26 Å². The topological polar surface area (TPSA) is 143 Å². The average Bonchev–Trinajstić information content (AvgIpc) is 2.82. The van der Waals surface area contributed by atoms with Crippen molar-refractivity contribution in [2.24, 2.45) is 5.73 Å². The van der Waals surface area contributed by atoms with Crippen molar-refractivity contribution in [1.82, 2.24) is 0 Å². The van der Waals surface area contributed by atoms with E-state index in [1.54, 1.807) is 43.3 Å². The molecular weight excluding hydrogens is 553 g/mol. The number of carboxylic acid groups (broad SMARTS) is 1. The zero-order valence-electron chi connectivity index (χ0n) is 18.5. The van der Waals surface area contributed by atoms with E-state index in [1.165, 1.54) is 6.07 Å². The van der Waals surface area contributed by atoms with Crippen molar-refractivity contribution in [1.29, 1.82) is 5.26 Å². The number of aryl methyl sites for hydroxylation is 1. The Morgan fingerprint density at radius 2 is 1.74 bits per heavy atom. The Balaban J connectivity index is 2.53. The zero-order valence-corrected chi connectivity index (χ0v) is 20.6. The molecule has 2 aromatic carbocycles. The lowest BCUT2D eigenvalue weighted by atomic mass is 9.80. The quantitative estimate of drug-likeness (QED) is 0.407. The third kappa shape index (κ3) is 4.22. The molecule has 0 fully saturated rings. The van der Waals surface area contributed by atoms with Crippen molar-refractivity contribution in [3.63, 3.8) is 0 Å². The summed E-state index contributed by atoms with van der Waals surface area (Å²) in [6.45, 7) is 1.64. The standard InChI is InChI=1S/C24H20IN3O6/c1-12-9-14(25)10-15(22(29)30)19(12)28-20(24(32)34-3)18(23(31)33-2)17(16(11-26)21(28)27)13-7-5-4-6-8-13/h4-10,17H,27H2,1-3H3,(H,29,30). The van der Waals surface area contributed by atoms with Crippen LogP contribution in [0.4, 0.5) is 5.69 Å². The summed E-state index contributed by atoms with van der Waals surface area (Å²) >= 11 is 1.97. The van der Waals surface area contributed by atoms with Crippen molar-refractivity contribution in [2.45, 2.75) is 12.8 Å². The second kappa shape index (κ2) is 9.96. The summed E-state index contributed by atoms with van der Waals surface area (Å²) in [5, 5.41) is 20.0. The molecule has 10 heteroatoms. The molecule has 0 aliphatic carbocycles. The molecular formula is C24H20IN3O6. The number of hydrogen-bond donors (Lipinski definition) is 2. The molecule has 0 bridgehead atoms. The third-order valence-electron chi connectivity index (χ3n) is 5.33. The van der Waals surface area contributed by atoms with E-state index in [4.69, 9.17) is 15.2 Å². The smallest absolute Gasteiger partial charge is 0.355 e. The number of nitrogens with two attached hydrogens (primary N) is 1. The largest absolute Gasteiger partial charge is 0.478 e. The van der Waals surface area contributed by atoms with Crippen molar-refractivity contribution in [2.75, 3.05) is 19.1 Å². The number of nitriles is 1. The molecule has 0 saturated heterocycles. The number of anilines is 1. The summed E-state index contributed by atoms with van der Waals surface area (Å²) in [5.74, 6) is -4.36. The number of halogens is 1. The van der Waals surface area contributed by atoms with Crippen LogP contribution in [0.5, 0.6) is 0 Å². The Labute approximate surface area is 209 Å². The van der Waals surface area contributed by atoms with Gasteiger partial charge in [0.15, 0.2) is 0 Å². The molecule has 0 spiro atoms. The maximum Gasteiger partial charge on any atom is 0.355 e. The number of carbonyl (C=O) groups is 3. The number of hydrogen-bond acceptors (Lipinski definition) is 8. The first-order valence-corrected chi connectivity index (χ1v) is 10.9. The Hall–Kier alpha value is -3.85. The van der Waals surface area contributed by atoms with Gasteiger partial charge in [-0.05, 0) is 52.8 Å². The van der Waals surface area contributed by atoms with Gasteiger partial charge < -0.3 is 20.3 Å². The molecule has 0 amide bonds. The maximum absolute atomic E-state index is 13.1. The fourth-order valence-electron chi connectivity index (χ4n) is 3.94. The van der Waals surface area contributed by atoms with Crippen LogP contribution in [0.25, 0.3) is 0 Å². The van der Waals surface area contributed by atoms with Crippen LogP contribution in [0.3, 0.4) is 0 Å². The van der Waals surface area contributed by atoms with E-state index in [1.807, 2.05) is 28.7 Å². The molecule has 1 heterocycles. The first-order chi connectivity index (χ1) is 16.2. The highest BCUT2D eigenvalue weighted by Crippen LogP contribution is 2.44. The molecule has 1 unspecified atom stereocenters. The summed E-state index contributed by atoms with van der Waals surface area (Å²) in [4.78, 5) is 39.5. The highest BCUT2D eigenvalue weighted by Gasteiger charge is 2.44. The number of carbonyl (C=O) groups excluding carboxylic acids is 2. The number of benzene rings is 2. The molecule has 1 aliphatic heterocycles. The van der Waals surface area contributed by atoms with Crippen LogP contribution in [0.15, 0.2) is 65.1 Å². The Morgan fingerprint density at radius 3 is 2.26 bits per heavy atom. The fraction of sp³-hybridized carbons (Fsp3) is 0.167. The first kappa shape index (κ1) is 24.8. The Kier molecular flexibility index (Phi) is 7.26. The number of nitrogens with zero attached hydrogens (tertiary/aromatic N) is 2. The van der Waals surface area contributed by atoms with Crippen molar-refractivity contribution in [3.8, 4) is 6.07 Å². The molecule has 3 rings (SSSR count). The minimum Gasteiger partial charge on any atom is -0.478 e. The minimum atomic E-state index is -1.28. The van der Waals surface area contributed by atoms with Gasteiger partial charge in [0.1, 0.15) is 11.5 Å². The highest BCUT2D eigenvalue weighted by molar-refractivity contribution is 14.1. The average molecular weight is 573 g/mol. The van der Waals surface area contributed by atoms with Crippen LogP contribution in [0, 0.1) is 21.8 Å². The normalized spacial score (nSPS) is 15.6. The molecule has 0 aromatic heterocycles. The van der Waals surface area contributed by atoms with Crippen LogP contribution in [0.1, 0.15) is 27.4 Å². The molecule has 1 aliphatic rings. The molecule has 34 heavy (non-hydrogen) atoms. The van der Waals surface area contributed by atoms with Gasteiger partial charge in [0.05, 0.1) is 48.6 Å². The van der Waals surface area contributed by atoms with Gasteiger partial charge in [-0.3, -0.25) is 4.90 Å². The first-order valence-electron chi connectivity index (χ1n) is 9.86. The van der Waals surface area contributed by atoms with Crippen molar-refractivity contribution in [3.05, 3.63) is 85.4 Å². The fourth-order valence-corrected chi connectivity index (χ4v) is 4.72. The Morgan fingerprint density at radius 1 is 1.12 bits per heavy atom. The predicted molar refractivity (Wildman–Crippen MR) is 130 cm³/mol. The summed E-state index contributed by atoms with van der Waals surface area (Å²) in [6.07, 6.45) is 0. The van der Waals surface area contributed by atoms with Gasteiger partial charge in [0.2, 0.25) is 0 Å². The number of allylic oxidation sites excluding steroid dienone is 1. The summed E-state index contributed by atoms with van der Waals surface area (Å²) in [7, 11) is 2.27. The minimum absolute atomic E-state index is 0.0338. The summed E-state index contributed by atoms with van der Waals surface area (Å²) in [5.41, 5.74) is 6.71. The van der Waals surface area contributed by atoms with E-state index in [-0.39, 0.29) is 33.9 Å². The number of esters is 2. The Bertz CT molecular complexity index is 1290. The maximum atomic E-state index is 13.1. The van der Waals surface area contributed by atoms with Crippen LogP contribution in [0.2, 0.25) is 0 Å². The monoisotopic (exact) mass is 573 g/mol. The summed E-state index contributed by atoms with van der Waals surface area (Å²) in [6, 6.07) is 13.7. The van der Waals surface area contributed by atoms with E-state index >= 15 is 0 Å². The van der Waals surface area contributed by atoms with Crippen LogP contribution in [-0.4, -0.2) is 37.2 Å². The van der Waals surface area contributed by atoms with Gasteiger partial charge in [-0.25, -0.2) is 14.4 Å². The lowest BCUT2D eigenvalue weighted by Gasteiger charge is -2.37. The number of aromatic carboxylic acids is 1. The van der Waals surface area contributed by atoms with Gasteiger partial charge >= 0.3 is 17.9 Å². The van der Waals surface area contributed by atoms with Crippen molar-refractivity contribution < 1.29 is 29.0 Å². The highest BCUT2D eigenvalue weighted by atomic mass is 127. The molecule has 9 nitrogen and oxygen atoms in total. The molecule has 0 saturated carbocycles. The number of ether oxygens (including phenoxy) is 2. The number of carboxylic acids is 1. The van der Waals surface area contributed by atoms with Gasteiger partial charge in [0, 0.05) is 3.57 Å². The second-order valence-corrected chi connectivity index (χ2v) is 8.50. The zero-order chi connectivity index (χ0) is 25.2. The lowest BCUT2D eigenvalue weighted by Crippen LogP contribution is -2.41. The van der Waals surface area contributed by atoms with E-state index in [2.05, 4.69) is 0 Å². The third-order valence-corrected chi connectivity index (χ3v) is 5.95. The number of methoxy groups -OCH3 is 2.